The molecular formula is C28H26N7O+. The zero-order valence-electron chi connectivity index (χ0n) is 20.4. The standard InChI is InChI=1S/C28H26N7O/c1-20(29-3)18-35(36)27-14-12-24(28-21(2)31-26-6-4-5-16-34(26)28)25(32-27)13-9-22-7-10-23(11-8-22)33-17-15-30-19-33/h4-8,10-12,14-17,19-20,29H,18H2,1-3H3/q+1. The van der Waals surface area contributed by atoms with Gasteiger partial charge >= 0.3 is 5.82 Å². The number of fused-ring (bicyclic) bond motifs is 1. The van der Waals surface area contributed by atoms with Crippen molar-refractivity contribution in [2.45, 2.75) is 19.9 Å². The molecule has 0 aliphatic carbocycles. The van der Waals surface area contributed by atoms with Crippen molar-refractivity contribution in [2.24, 2.45) is 0 Å². The summed E-state index contributed by atoms with van der Waals surface area (Å²) in [5.41, 5.74) is 5.81. The fourth-order valence-corrected chi connectivity index (χ4v) is 4.01. The zero-order valence-corrected chi connectivity index (χ0v) is 20.4. The van der Waals surface area contributed by atoms with Gasteiger partial charge in [-0.05, 0) is 79.0 Å². The Hall–Kier alpha value is -4.61. The Morgan fingerprint density at radius 3 is 2.61 bits per heavy atom. The van der Waals surface area contributed by atoms with Crippen molar-refractivity contribution in [1.82, 2.24) is 29.2 Å². The summed E-state index contributed by atoms with van der Waals surface area (Å²) >= 11 is 0. The maximum Gasteiger partial charge on any atom is 0.362 e. The maximum atomic E-state index is 12.8. The first kappa shape index (κ1) is 23.1. The summed E-state index contributed by atoms with van der Waals surface area (Å²) in [5.74, 6) is 6.77. The molecule has 1 unspecified atom stereocenters. The lowest BCUT2D eigenvalue weighted by atomic mass is 10.1. The minimum atomic E-state index is 0.0218. The molecule has 0 saturated carbocycles. The van der Waals surface area contributed by atoms with Gasteiger partial charge in [-0.25, -0.2) is 9.97 Å². The van der Waals surface area contributed by atoms with Crippen LogP contribution >= 0.6 is 0 Å². The first-order valence-electron chi connectivity index (χ1n) is 11.7. The van der Waals surface area contributed by atoms with Crippen LogP contribution in [0.5, 0.6) is 0 Å². The minimum Gasteiger partial charge on any atom is -0.314 e. The Balaban J connectivity index is 1.58. The summed E-state index contributed by atoms with van der Waals surface area (Å²) in [6.45, 7) is 4.20. The zero-order chi connectivity index (χ0) is 25.1. The molecule has 0 aliphatic rings. The molecule has 0 amide bonds. The van der Waals surface area contributed by atoms with Crippen LogP contribution in [-0.4, -0.2) is 48.3 Å². The van der Waals surface area contributed by atoms with Crippen LogP contribution in [0.15, 0.2) is 79.5 Å². The van der Waals surface area contributed by atoms with Crippen molar-refractivity contribution >= 4 is 11.5 Å². The van der Waals surface area contributed by atoms with Crippen LogP contribution < -0.4 is 5.32 Å². The molecule has 1 N–H and O–H groups in total. The summed E-state index contributed by atoms with van der Waals surface area (Å²) in [6, 6.07) is 17.5. The Kier molecular flexibility index (Phi) is 6.39. The maximum absolute atomic E-state index is 12.8. The van der Waals surface area contributed by atoms with Crippen LogP contribution in [-0.2, 0) is 0 Å². The molecule has 5 aromatic rings. The normalized spacial score (nSPS) is 11.8. The van der Waals surface area contributed by atoms with Crippen LogP contribution in [0.3, 0.4) is 0 Å². The van der Waals surface area contributed by atoms with E-state index in [0.717, 1.165) is 38.6 Å². The van der Waals surface area contributed by atoms with Gasteiger partial charge in [-0.1, -0.05) is 16.9 Å². The second kappa shape index (κ2) is 9.94. The van der Waals surface area contributed by atoms with E-state index in [1.807, 2.05) is 90.8 Å². The van der Waals surface area contributed by atoms with Crippen molar-refractivity contribution in [2.75, 3.05) is 13.6 Å². The van der Waals surface area contributed by atoms with Crippen LogP contribution in [0.2, 0.25) is 0 Å². The van der Waals surface area contributed by atoms with E-state index in [1.54, 1.807) is 18.6 Å². The average Bonchev–Trinajstić information content (AvgIpc) is 3.55. The van der Waals surface area contributed by atoms with E-state index in [-0.39, 0.29) is 12.6 Å². The van der Waals surface area contributed by atoms with Gasteiger partial charge in [-0.15, -0.1) is 0 Å². The van der Waals surface area contributed by atoms with Crippen molar-refractivity contribution in [1.29, 1.82) is 0 Å². The molecule has 0 spiro atoms. The molecule has 4 heterocycles. The van der Waals surface area contributed by atoms with E-state index in [9.17, 15) is 4.91 Å². The monoisotopic (exact) mass is 476 g/mol. The molecule has 0 saturated heterocycles. The van der Waals surface area contributed by atoms with E-state index in [0.29, 0.717) is 11.5 Å². The van der Waals surface area contributed by atoms with E-state index in [2.05, 4.69) is 22.1 Å². The number of aryl methyl sites for hydroxylation is 1. The van der Waals surface area contributed by atoms with Crippen LogP contribution in [0.4, 0.5) is 5.82 Å². The van der Waals surface area contributed by atoms with Crippen molar-refractivity contribution in [3.8, 4) is 28.8 Å². The molecule has 178 valence electrons. The number of pyridine rings is 2. The number of nitrogens with zero attached hydrogens (tertiary/aromatic N) is 6. The van der Waals surface area contributed by atoms with Crippen molar-refractivity contribution < 1.29 is 4.76 Å². The highest BCUT2D eigenvalue weighted by Crippen LogP contribution is 2.28. The van der Waals surface area contributed by atoms with Crippen molar-refractivity contribution in [3.63, 3.8) is 0 Å². The second-order valence-corrected chi connectivity index (χ2v) is 8.56. The molecule has 4 aromatic heterocycles. The SMILES string of the molecule is CNC(C)C[N+](=O)c1ccc(-c2c(C)nc3ccccn23)c(C#Cc2ccc(-n3ccnc3)cc2)n1. The molecule has 0 bridgehead atoms. The van der Waals surface area contributed by atoms with E-state index >= 15 is 0 Å². The first-order chi connectivity index (χ1) is 17.5. The highest BCUT2D eigenvalue weighted by molar-refractivity contribution is 5.72. The van der Waals surface area contributed by atoms with Crippen LogP contribution in [0.1, 0.15) is 23.9 Å². The molecule has 36 heavy (non-hydrogen) atoms. The molecule has 0 aliphatic heterocycles. The highest BCUT2D eigenvalue weighted by Gasteiger charge is 2.23. The average molecular weight is 477 g/mol. The van der Waals surface area contributed by atoms with Crippen molar-refractivity contribution in [3.05, 3.63) is 101 Å². The van der Waals surface area contributed by atoms with Crippen LogP contribution in [0, 0.1) is 23.7 Å². The third-order valence-corrected chi connectivity index (χ3v) is 6.02. The predicted octanol–water partition coefficient (Wildman–Crippen LogP) is 4.31. The minimum absolute atomic E-state index is 0.0218. The van der Waals surface area contributed by atoms with Crippen LogP contribution in [0.25, 0.3) is 22.6 Å². The number of likely N-dealkylation sites (N-methyl/N-ethyl adjacent to an activating group) is 1. The number of hydrogen-bond acceptors (Lipinski definition) is 5. The lowest BCUT2D eigenvalue weighted by Crippen LogP contribution is -2.29. The number of aromatic nitrogens is 5. The topological polar surface area (TPSA) is 80.1 Å². The number of benzene rings is 1. The second-order valence-electron chi connectivity index (χ2n) is 8.56. The first-order valence-corrected chi connectivity index (χ1v) is 11.7. The number of rotatable bonds is 6. The molecule has 0 fully saturated rings. The summed E-state index contributed by atoms with van der Waals surface area (Å²) in [5, 5.41) is 3.09. The molecule has 5 rings (SSSR count). The van der Waals surface area contributed by atoms with Gasteiger partial charge in [0.25, 0.3) is 0 Å². The molecule has 1 atom stereocenters. The third-order valence-electron chi connectivity index (χ3n) is 6.02. The molecule has 1 aromatic carbocycles. The smallest absolute Gasteiger partial charge is 0.314 e. The van der Waals surface area contributed by atoms with Gasteiger partial charge in [0.05, 0.1) is 23.3 Å². The van der Waals surface area contributed by atoms with Gasteiger partial charge in [0.15, 0.2) is 0 Å². The third kappa shape index (κ3) is 4.65. The molecular weight excluding hydrogens is 450 g/mol. The number of nitrogens with one attached hydrogen (secondary N) is 1. The fraction of sp³-hybridized carbons (Fsp3) is 0.179. The summed E-state index contributed by atoms with van der Waals surface area (Å²) in [6.07, 6.45) is 7.36. The molecule has 8 nitrogen and oxygen atoms in total. The largest absolute Gasteiger partial charge is 0.362 e. The van der Waals surface area contributed by atoms with E-state index in [4.69, 9.17) is 9.97 Å². The van der Waals surface area contributed by atoms with Gasteiger partial charge in [0, 0.05) is 41.9 Å². The van der Waals surface area contributed by atoms with Gasteiger partial charge < -0.3 is 9.88 Å². The fourth-order valence-electron chi connectivity index (χ4n) is 4.01. The molecule has 8 heteroatoms. The lowest BCUT2D eigenvalue weighted by Gasteiger charge is -2.06. The number of hydrogen-bond donors (Lipinski definition) is 1. The summed E-state index contributed by atoms with van der Waals surface area (Å²) < 4.78 is 4.86. The summed E-state index contributed by atoms with van der Waals surface area (Å²) in [4.78, 5) is 26.3. The Morgan fingerprint density at radius 2 is 1.86 bits per heavy atom. The highest BCUT2D eigenvalue weighted by atomic mass is 16.3. The number of nitroso groups, excluding NO2 is 1. The van der Waals surface area contributed by atoms with Gasteiger partial charge in [-0.3, -0.25) is 4.40 Å². The number of imidazole rings is 2. The van der Waals surface area contributed by atoms with E-state index < -0.39 is 0 Å². The Labute approximate surface area is 209 Å². The van der Waals surface area contributed by atoms with Gasteiger partial charge in [0.1, 0.15) is 12.2 Å². The van der Waals surface area contributed by atoms with E-state index in [1.165, 1.54) is 0 Å². The Morgan fingerprint density at radius 1 is 1.03 bits per heavy atom. The molecule has 0 radical (unpaired) electrons. The quantitative estimate of drug-likeness (QED) is 0.292. The summed E-state index contributed by atoms with van der Waals surface area (Å²) in [7, 11) is 1.83. The lowest BCUT2D eigenvalue weighted by molar-refractivity contribution is -0.470. The Bertz CT molecular complexity index is 1590. The predicted molar refractivity (Wildman–Crippen MR) is 139 cm³/mol. The van der Waals surface area contributed by atoms with Gasteiger partial charge in [0.2, 0.25) is 5.69 Å². The van der Waals surface area contributed by atoms with Gasteiger partial charge in [-0.2, -0.15) is 0 Å².